The Hall–Kier alpha value is -2.26. The van der Waals surface area contributed by atoms with E-state index < -0.39 is 14.5 Å². The Kier molecular flexibility index (Phi) is 5.13. The van der Waals surface area contributed by atoms with Gasteiger partial charge >= 0.3 is 0 Å². The average molecular weight is 443 g/mol. The Morgan fingerprint density at radius 2 is 2.16 bits per heavy atom. The Morgan fingerprint density at radius 1 is 1.32 bits per heavy atom. The molecule has 3 fully saturated rings. The van der Waals surface area contributed by atoms with Crippen molar-refractivity contribution in [1.29, 1.82) is 0 Å². The molecule has 1 aliphatic carbocycles. The molecule has 1 saturated carbocycles. The number of morpholine rings is 1. The van der Waals surface area contributed by atoms with Crippen LogP contribution < -0.4 is 10.6 Å². The van der Waals surface area contributed by atoms with Crippen LogP contribution in [0.2, 0.25) is 0 Å². The Balaban J connectivity index is 1.67. The van der Waals surface area contributed by atoms with Gasteiger partial charge in [-0.3, -0.25) is 0 Å². The number of hydrogen-bond acceptors (Lipinski definition) is 8. The number of rotatable bonds is 4. The lowest BCUT2D eigenvalue weighted by Gasteiger charge is -2.35. The molecule has 0 bridgehead atoms. The highest BCUT2D eigenvalue weighted by molar-refractivity contribution is 7.94. The van der Waals surface area contributed by atoms with Crippen LogP contribution >= 0.6 is 0 Å². The lowest BCUT2D eigenvalue weighted by Crippen LogP contribution is -2.44. The molecule has 0 radical (unpaired) electrons. The van der Waals surface area contributed by atoms with Crippen LogP contribution in [0.5, 0.6) is 0 Å². The third-order valence-electron chi connectivity index (χ3n) is 6.60. The number of nitrogen functional groups attached to an aromatic ring is 1. The lowest BCUT2D eigenvalue weighted by atomic mass is 10.0. The maximum absolute atomic E-state index is 14.1. The minimum Gasteiger partial charge on any atom is -0.384 e. The summed E-state index contributed by atoms with van der Waals surface area (Å²) in [5.41, 5.74) is 7.56. The van der Waals surface area contributed by atoms with Gasteiger partial charge in [0, 0.05) is 30.1 Å². The molecule has 2 N–H and O–H groups in total. The van der Waals surface area contributed by atoms with Crippen LogP contribution in [-0.2, 0) is 19.2 Å². The summed E-state index contributed by atoms with van der Waals surface area (Å²) in [5, 5.41) is 0. The van der Waals surface area contributed by atoms with Crippen LogP contribution in [0.3, 0.4) is 0 Å². The van der Waals surface area contributed by atoms with Crippen molar-refractivity contribution in [3.8, 4) is 11.4 Å². The van der Waals surface area contributed by atoms with Gasteiger partial charge in [-0.15, -0.1) is 0 Å². The second-order valence-corrected chi connectivity index (χ2v) is 11.8. The first kappa shape index (κ1) is 20.6. The number of aromatic nitrogens is 3. The number of ether oxygens (including phenoxy) is 1. The molecule has 0 amide bonds. The van der Waals surface area contributed by atoms with Gasteiger partial charge in [0.1, 0.15) is 11.6 Å². The molecule has 5 rings (SSSR count). The van der Waals surface area contributed by atoms with Crippen LogP contribution in [0.4, 0.5) is 11.6 Å². The van der Waals surface area contributed by atoms with Gasteiger partial charge in [0.2, 0.25) is 0 Å². The molecule has 3 aliphatic rings. The fourth-order valence-corrected chi connectivity index (χ4v) is 7.42. The van der Waals surface area contributed by atoms with Crippen molar-refractivity contribution in [2.75, 3.05) is 36.1 Å². The van der Waals surface area contributed by atoms with E-state index in [1.807, 2.05) is 12.1 Å². The number of pyridine rings is 1. The smallest absolute Gasteiger partial charge is 0.162 e. The number of anilines is 2. The second-order valence-electron chi connectivity index (χ2n) is 9.04. The molecule has 166 valence electrons. The fourth-order valence-electron chi connectivity index (χ4n) is 4.51. The van der Waals surface area contributed by atoms with Gasteiger partial charge in [0.15, 0.2) is 5.82 Å². The Labute approximate surface area is 183 Å². The predicted octanol–water partition coefficient (Wildman–Crippen LogP) is 2.99. The molecule has 2 aromatic heterocycles. The molecule has 8 nitrogen and oxygen atoms in total. The zero-order valence-corrected chi connectivity index (χ0v) is 19.0. The average Bonchev–Trinajstić information content (AvgIpc) is 3.51. The molecule has 9 heteroatoms. The Bertz CT molecular complexity index is 1110. The van der Waals surface area contributed by atoms with E-state index in [1.165, 1.54) is 0 Å². The molecule has 2 aliphatic heterocycles. The van der Waals surface area contributed by atoms with Crippen LogP contribution in [0.15, 0.2) is 28.8 Å². The van der Waals surface area contributed by atoms with E-state index in [9.17, 15) is 4.21 Å². The van der Waals surface area contributed by atoms with E-state index >= 15 is 0 Å². The Morgan fingerprint density at radius 3 is 2.90 bits per heavy atom. The summed E-state index contributed by atoms with van der Waals surface area (Å²) in [4.78, 5) is 16.2. The summed E-state index contributed by atoms with van der Waals surface area (Å²) in [6.07, 6.45) is 5.48. The summed E-state index contributed by atoms with van der Waals surface area (Å²) in [7, 11) is -2.40. The topological polar surface area (TPSA) is 107 Å². The van der Waals surface area contributed by atoms with E-state index in [-0.39, 0.29) is 12.1 Å². The van der Waals surface area contributed by atoms with Crippen molar-refractivity contribution >= 4 is 21.4 Å². The van der Waals surface area contributed by atoms with Crippen LogP contribution in [0.1, 0.15) is 45.2 Å². The maximum Gasteiger partial charge on any atom is 0.162 e. The van der Waals surface area contributed by atoms with Crippen molar-refractivity contribution in [1.82, 2.24) is 15.0 Å². The van der Waals surface area contributed by atoms with Gasteiger partial charge in [0.25, 0.3) is 0 Å². The first-order chi connectivity index (χ1) is 14.9. The third-order valence-corrected chi connectivity index (χ3v) is 9.90. The molecule has 4 heterocycles. The summed E-state index contributed by atoms with van der Waals surface area (Å²) in [6, 6.07) is 6.14. The summed E-state index contributed by atoms with van der Waals surface area (Å²) in [6.45, 7) is 6.28. The lowest BCUT2D eigenvalue weighted by molar-refractivity contribution is 0.0985. The van der Waals surface area contributed by atoms with Gasteiger partial charge in [-0.25, -0.2) is 23.5 Å². The van der Waals surface area contributed by atoms with Gasteiger partial charge in [-0.1, -0.05) is 0 Å². The van der Waals surface area contributed by atoms with Crippen molar-refractivity contribution in [2.24, 2.45) is 4.36 Å². The van der Waals surface area contributed by atoms with Crippen molar-refractivity contribution in [3.63, 3.8) is 0 Å². The molecule has 3 atom stereocenters. The van der Waals surface area contributed by atoms with Crippen molar-refractivity contribution < 1.29 is 8.95 Å². The van der Waals surface area contributed by atoms with Gasteiger partial charge < -0.3 is 15.4 Å². The van der Waals surface area contributed by atoms with Gasteiger partial charge in [0.05, 0.1) is 45.5 Å². The number of hydrogen-bond donors (Lipinski definition) is 1. The van der Waals surface area contributed by atoms with E-state index in [0.717, 1.165) is 49.3 Å². The number of nitrogens with zero attached hydrogens (tertiary/aromatic N) is 5. The molecular formula is C22H30N6O2S. The molecular weight excluding hydrogens is 412 g/mol. The largest absolute Gasteiger partial charge is 0.384 e. The zero-order valence-electron chi connectivity index (χ0n) is 18.2. The monoisotopic (exact) mass is 442 g/mol. The number of nitrogens with two attached hydrogens (primary N) is 1. The van der Waals surface area contributed by atoms with Crippen LogP contribution in [-0.4, -0.2) is 56.8 Å². The van der Waals surface area contributed by atoms with Crippen LogP contribution in [0.25, 0.3) is 11.4 Å². The van der Waals surface area contributed by atoms with E-state index in [1.54, 1.807) is 12.3 Å². The molecule has 2 unspecified atom stereocenters. The van der Waals surface area contributed by atoms with Gasteiger partial charge in [-0.2, -0.15) is 0 Å². The SMILES string of the molecule is C[C@@H]1COCCN1c1cc(C2(C)CCCS2(=O)=NC2CC2)nc(-c2ccnc(N)c2)n1. The quantitative estimate of drug-likeness (QED) is 0.776. The summed E-state index contributed by atoms with van der Waals surface area (Å²) < 4.78 is 23.9. The highest BCUT2D eigenvalue weighted by atomic mass is 32.2. The summed E-state index contributed by atoms with van der Waals surface area (Å²) in [5.74, 6) is 2.49. The van der Waals surface area contributed by atoms with Crippen LogP contribution in [0, 0.1) is 0 Å². The summed E-state index contributed by atoms with van der Waals surface area (Å²) >= 11 is 0. The second kappa shape index (κ2) is 7.70. The van der Waals surface area contributed by atoms with Gasteiger partial charge in [-0.05, 0) is 51.7 Å². The predicted molar refractivity (Wildman–Crippen MR) is 122 cm³/mol. The molecule has 0 spiro atoms. The maximum atomic E-state index is 14.1. The minimum absolute atomic E-state index is 0.198. The first-order valence-electron chi connectivity index (χ1n) is 11.1. The van der Waals surface area contributed by atoms with Crippen molar-refractivity contribution in [2.45, 2.75) is 56.4 Å². The normalized spacial score (nSPS) is 31.0. The van der Waals surface area contributed by atoms with Crippen molar-refractivity contribution in [3.05, 3.63) is 30.1 Å². The minimum atomic E-state index is -2.40. The van der Waals surface area contributed by atoms with E-state index in [2.05, 4.69) is 23.7 Å². The molecule has 2 aromatic rings. The molecule has 31 heavy (non-hydrogen) atoms. The fraction of sp³-hybridized carbons (Fsp3) is 0.591. The highest BCUT2D eigenvalue weighted by Crippen LogP contribution is 2.45. The van der Waals surface area contributed by atoms with E-state index in [0.29, 0.717) is 30.6 Å². The molecule has 2 saturated heterocycles. The zero-order chi connectivity index (χ0) is 21.6. The first-order valence-corrected chi connectivity index (χ1v) is 12.8. The van der Waals surface area contributed by atoms with E-state index in [4.69, 9.17) is 24.8 Å². The standard InChI is InChI=1S/C22H30N6O2S/c1-15-14-30-10-9-28(15)20-13-18(25-21(26-20)16-6-8-24-19(23)12-16)22(2)7-3-11-31(22,29)27-17-4-5-17/h6,8,12-13,15,17H,3-5,7,9-11,14H2,1-2H3,(H2,23,24)/t15-,22?,31?/m1/s1. The third kappa shape index (κ3) is 3.78. The molecule has 0 aromatic carbocycles. The highest BCUT2D eigenvalue weighted by Gasteiger charge is 2.46.